The monoisotopic (exact) mass is 1270 g/mol. The lowest BCUT2D eigenvalue weighted by molar-refractivity contribution is -0.129. The molecular formula is C77H124N4O7Si2. The number of ether oxygens (including phenoxy) is 3. The van der Waals surface area contributed by atoms with E-state index >= 15 is 0 Å². The molecule has 12 rings (SSSR count). The smallest absolute Gasteiger partial charge is 0.250 e. The zero-order chi connectivity index (χ0) is 65.3. The summed E-state index contributed by atoms with van der Waals surface area (Å²) in [5.74, 6) is 11.5. The fourth-order valence-corrected chi connectivity index (χ4v) is 21.6. The van der Waals surface area contributed by atoms with Gasteiger partial charge in [-0.05, 0) is 307 Å². The number of aryl methyl sites for hydroxylation is 3. The molecule has 9 aliphatic rings. The lowest BCUT2D eigenvalue weighted by Gasteiger charge is -2.51. The normalized spacial score (nSPS) is 32.4. The minimum atomic E-state index is -1.93. The Kier molecular flexibility index (Phi) is 20.4. The van der Waals surface area contributed by atoms with E-state index in [9.17, 15) is 9.90 Å². The molecule has 13 heteroatoms. The van der Waals surface area contributed by atoms with Gasteiger partial charge in [-0.2, -0.15) is 0 Å². The van der Waals surface area contributed by atoms with Crippen LogP contribution in [0.25, 0.3) is 0 Å². The van der Waals surface area contributed by atoms with Crippen molar-refractivity contribution < 1.29 is 33.0 Å². The fraction of sp³-hybridized carbons (Fsp3) is 0.753. The van der Waals surface area contributed by atoms with Crippen LogP contribution in [0.3, 0.4) is 0 Å². The Morgan fingerprint density at radius 2 is 0.867 bits per heavy atom. The van der Waals surface area contributed by atoms with E-state index in [4.69, 9.17) is 23.1 Å². The summed E-state index contributed by atoms with van der Waals surface area (Å²) < 4.78 is 30.6. The summed E-state index contributed by atoms with van der Waals surface area (Å²) in [5.41, 5.74) is 9.58. The number of rotatable bonds is 15. The minimum absolute atomic E-state index is 0.0614. The van der Waals surface area contributed by atoms with Crippen molar-refractivity contribution in [2.45, 2.75) is 244 Å². The molecule has 3 N–H and O–H groups in total. The number of hydrogen-bond donors (Lipinski definition) is 3. The molecule has 0 heterocycles. The number of phenolic OH excluding ortho intramolecular Hbond substituents is 1. The quantitative estimate of drug-likeness (QED) is 0.126. The second-order valence-corrected chi connectivity index (χ2v) is 43.8. The van der Waals surface area contributed by atoms with Gasteiger partial charge in [0.05, 0.1) is 21.3 Å². The van der Waals surface area contributed by atoms with Gasteiger partial charge in [0.15, 0.2) is 23.0 Å². The van der Waals surface area contributed by atoms with Crippen LogP contribution in [0, 0.1) is 51.8 Å². The zero-order valence-electron chi connectivity index (χ0n) is 60.2. The lowest BCUT2D eigenvalue weighted by atomic mass is 9.55. The third-order valence-corrected chi connectivity index (χ3v) is 35.7. The van der Waals surface area contributed by atoms with Gasteiger partial charge in [0.25, 0.3) is 16.6 Å². The van der Waals surface area contributed by atoms with E-state index in [1.807, 2.05) is 6.07 Å². The standard InChI is InChI=1S/C29H50N2O2Si.C25H38O3Si.C23H36N2O2/c1-28(2,3)34(8,9)33-26-18-20-10-11-22-21(23(20)19-25(26)32-7)14-15-29(4)24(22)12-13-27(29)30-16-17-31(5)6;1-24(2,3)29(6,7)28-22-14-16-8-9-18-17(19(16)15-21(22)27-5)12-13-25(4)20(18)10-11-23(25)26;1-23-10-9-16-17(19(23)7-8-22(23)24-11-12-25(2)3)6-5-15-13-20(26)21(27-4)14-18(15)16/h18-19,21-22,24,27,30H,10-17H2,1-9H3;14-15,17-18,20H,8-13H2,1-7H3;13-14,16-17,19,22,24,26H,5-12H2,1-4H3/t21?,22?,24?,27-,29-;17?,18?,20?,25-;16?,17?,19?,22-,23-/m000/s1. The van der Waals surface area contributed by atoms with Crippen molar-refractivity contribution in [1.82, 2.24) is 20.4 Å². The first-order chi connectivity index (χ1) is 42.3. The van der Waals surface area contributed by atoms with E-state index in [-0.39, 0.29) is 15.5 Å². The fourth-order valence-electron chi connectivity index (χ4n) is 19.6. The van der Waals surface area contributed by atoms with Gasteiger partial charge in [-0.1, -0.05) is 62.3 Å². The molecule has 0 saturated heterocycles. The number of benzene rings is 3. The van der Waals surface area contributed by atoms with Crippen LogP contribution in [0.15, 0.2) is 36.4 Å². The van der Waals surface area contributed by atoms with Gasteiger partial charge in [-0.3, -0.25) is 4.79 Å². The maximum atomic E-state index is 12.6. The second-order valence-electron chi connectivity index (χ2n) is 34.4. The summed E-state index contributed by atoms with van der Waals surface area (Å²) in [7, 11) is 10.0. The topological polar surface area (TPSA) is 114 Å². The number of nitrogens with zero attached hydrogens (tertiary/aromatic N) is 2. The summed E-state index contributed by atoms with van der Waals surface area (Å²) in [6, 6.07) is 14.7. The average molecular weight is 1270 g/mol. The molecule has 9 aliphatic carbocycles. The van der Waals surface area contributed by atoms with Gasteiger partial charge in [0.2, 0.25) is 0 Å². The number of nitrogens with one attached hydrogen (secondary N) is 2. The lowest BCUT2D eigenvalue weighted by Crippen LogP contribution is -2.49. The van der Waals surface area contributed by atoms with Gasteiger partial charge in [0, 0.05) is 50.1 Å². The molecule has 3 aromatic carbocycles. The average Bonchev–Trinajstić information content (AvgIpc) is 1.44. The van der Waals surface area contributed by atoms with Crippen molar-refractivity contribution in [1.29, 1.82) is 0 Å². The van der Waals surface area contributed by atoms with Crippen molar-refractivity contribution in [3.8, 4) is 34.5 Å². The molecule has 11 nitrogen and oxygen atoms in total. The van der Waals surface area contributed by atoms with Crippen LogP contribution in [-0.4, -0.2) is 125 Å². The molecule has 14 atom stereocenters. The Balaban J connectivity index is 0.000000150. The van der Waals surface area contributed by atoms with E-state index in [1.54, 1.807) is 26.9 Å². The van der Waals surface area contributed by atoms with Crippen LogP contribution >= 0.6 is 0 Å². The van der Waals surface area contributed by atoms with Crippen molar-refractivity contribution in [2.24, 2.45) is 51.8 Å². The molecule has 6 fully saturated rings. The van der Waals surface area contributed by atoms with Crippen molar-refractivity contribution >= 4 is 22.4 Å². The zero-order valence-corrected chi connectivity index (χ0v) is 62.2. The van der Waals surface area contributed by atoms with Crippen molar-refractivity contribution in [3.05, 3.63) is 69.8 Å². The summed E-state index contributed by atoms with van der Waals surface area (Å²) in [4.78, 5) is 17.1. The molecule has 0 aromatic heterocycles. The first-order valence-corrected chi connectivity index (χ1v) is 41.6. The highest BCUT2D eigenvalue weighted by molar-refractivity contribution is 6.75. The van der Waals surface area contributed by atoms with Crippen molar-refractivity contribution in [3.63, 3.8) is 0 Å². The molecule has 6 saturated carbocycles. The van der Waals surface area contributed by atoms with E-state index in [0.29, 0.717) is 69.8 Å². The van der Waals surface area contributed by atoms with Gasteiger partial charge in [-0.25, -0.2) is 0 Å². The van der Waals surface area contributed by atoms with E-state index < -0.39 is 16.6 Å². The van der Waals surface area contributed by atoms with Crippen molar-refractivity contribution in [2.75, 3.05) is 75.7 Å². The summed E-state index contributed by atoms with van der Waals surface area (Å²) in [5, 5.41) is 18.4. The Hall–Kier alpha value is -3.60. The first-order valence-electron chi connectivity index (χ1n) is 35.8. The van der Waals surface area contributed by atoms with E-state index in [0.717, 1.165) is 111 Å². The first kappa shape index (κ1) is 69.2. The van der Waals surface area contributed by atoms with Gasteiger partial charge in [0.1, 0.15) is 17.3 Å². The van der Waals surface area contributed by atoms with E-state index in [2.05, 4.69) is 167 Å². The number of hydrogen-bond acceptors (Lipinski definition) is 11. The third-order valence-electron chi connectivity index (χ3n) is 27.0. The number of carbonyl (C=O) groups excluding carboxylic acids is 1. The molecule has 3 aromatic rings. The van der Waals surface area contributed by atoms with Crippen LogP contribution in [0.4, 0.5) is 0 Å². The molecule has 0 spiro atoms. The van der Waals surface area contributed by atoms with Gasteiger partial charge >= 0.3 is 0 Å². The number of carbonyl (C=O) groups is 1. The molecule has 0 radical (unpaired) electrons. The number of fused-ring (bicyclic) bond motifs is 15. The third kappa shape index (κ3) is 13.3. The Morgan fingerprint density at radius 1 is 0.489 bits per heavy atom. The molecular weight excluding hydrogens is 1150 g/mol. The molecule has 502 valence electrons. The van der Waals surface area contributed by atoms with Crippen LogP contribution in [0.5, 0.6) is 34.5 Å². The van der Waals surface area contributed by atoms with Gasteiger partial charge in [-0.15, -0.1) is 0 Å². The highest BCUT2D eigenvalue weighted by Gasteiger charge is 2.58. The number of likely N-dealkylation sites (N-methyl/N-ethyl adjacent to an activating group) is 2. The summed E-state index contributed by atoms with van der Waals surface area (Å²) in [6.45, 7) is 34.8. The van der Waals surface area contributed by atoms with Gasteiger partial charge < -0.3 is 48.6 Å². The largest absolute Gasteiger partial charge is 0.541 e. The number of phenols is 1. The molecule has 9 unspecified atom stereocenters. The molecule has 0 aliphatic heterocycles. The predicted octanol–water partition coefficient (Wildman–Crippen LogP) is 16.7. The number of aromatic hydroxyl groups is 1. The Bertz CT molecular complexity index is 3020. The van der Waals surface area contributed by atoms with Crippen LogP contribution in [0.2, 0.25) is 36.3 Å². The number of ketones is 1. The SMILES string of the molecule is COc1cc2c(cc1O)CCC1C2CC[C@@]2(C)C1CC[C@@H]2NCCN(C)C.COc1cc2c(cc1O[Si](C)(C)C(C)(C)C)CCC1C2CC[C@@]2(C)C1CC[C@@H]2NCCN(C)C.COc1cc2c(cc1O[Si](C)(C)C(C)(C)C)CCC1C2CC[C@]2(C)C(=O)CCC12. The minimum Gasteiger partial charge on any atom is -0.541 e. The predicted molar refractivity (Wildman–Crippen MR) is 376 cm³/mol. The Labute approximate surface area is 548 Å². The molecule has 0 bridgehead atoms. The highest BCUT2D eigenvalue weighted by Crippen LogP contribution is 2.64. The second kappa shape index (κ2) is 26.5. The molecule has 90 heavy (non-hydrogen) atoms. The van der Waals surface area contributed by atoms with Crippen LogP contribution in [0.1, 0.15) is 210 Å². The van der Waals surface area contributed by atoms with E-state index in [1.165, 1.54) is 105 Å². The maximum absolute atomic E-state index is 12.6. The molecule has 0 amide bonds. The summed E-state index contributed by atoms with van der Waals surface area (Å²) in [6.07, 6.45) is 21.9. The number of Topliss-reactive ketones (excluding diaryl/α,β-unsaturated/α-hetero) is 1. The Morgan fingerprint density at radius 3 is 1.26 bits per heavy atom. The summed E-state index contributed by atoms with van der Waals surface area (Å²) >= 11 is 0. The number of methoxy groups -OCH3 is 3. The highest BCUT2D eigenvalue weighted by atomic mass is 28.4. The van der Waals surface area contributed by atoms with Crippen LogP contribution < -0.4 is 33.7 Å². The van der Waals surface area contributed by atoms with Crippen LogP contribution in [-0.2, 0) is 24.1 Å². The maximum Gasteiger partial charge on any atom is 0.250 e.